The van der Waals surface area contributed by atoms with E-state index < -0.39 is 0 Å². The minimum atomic E-state index is -0.0161. The van der Waals surface area contributed by atoms with Gasteiger partial charge in [-0.25, -0.2) is 0 Å². The molecule has 0 aromatic heterocycles. The summed E-state index contributed by atoms with van der Waals surface area (Å²) in [5.41, 5.74) is 7.00. The van der Waals surface area contributed by atoms with Crippen molar-refractivity contribution in [1.82, 2.24) is 5.32 Å². The second-order valence-electron chi connectivity index (χ2n) is 5.60. The van der Waals surface area contributed by atoms with Crippen molar-refractivity contribution in [1.29, 1.82) is 0 Å². The fraction of sp³-hybridized carbons (Fsp3) is 0.500. The van der Waals surface area contributed by atoms with Crippen molar-refractivity contribution in [2.24, 2.45) is 11.7 Å². The van der Waals surface area contributed by atoms with Crippen LogP contribution >= 0.6 is 12.2 Å². The summed E-state index contributed by atoms with van der Waals surface area (Å²) >= 11 is 4.90. The third-order valence-electron chi connectivity index (χ3n) is 4.15. The minimum Gasteiger partial charge on any atom is -0.389 e. The van der Waals surface area contributed by atoms with Crippen molar-refractivity contribution in [2.75, 3.05) is 0 Å². The van der Waals surface area contributed by atoms with Gasteiger partial charge in [0.2, 0.25) is 0 Å². The molecule has 1 aromatic rings. The first-order chi connectivity index (χ1) is 9.58. The monoisotopic (exact) mass is 290 g/mol. The van der Waals surface area contributed by atoms with E-state index in [0.717, 1.165) is 5.56 Å². The molecule has 1 amide bonds. The fourth-order valence-corrected chi connectivity index (χ4v) is 2.96. The SMILES string of the molecule is CC(NC(=O)c1ccc(C(N)=S)cc1)C1CCCCC1. The summed E-state index contributed by atoms with van der Waals surface area (Å²) in [6.45, 7) is 2.11. The molecule has 1 aliphatic carbocycles. The zero-order valence-corrected chi connectivity index (χ0v) is 12.7. The molecule has 3 N–H and O–H groups in total. The lowest BCUT2D eigenvalue weighted by Gasteiger charge is -2.28. The molecule has 2 rings (SSSR count). The molecule has 1 unspecified atom stereocenters. The van der Waals surface area contributed by atoms with Gasteiger partial charge in [0.1, 0.15) is 4.99 Å². The highest BCUT2D eigenvalue weighted by molar-refractivity contribution is 7.80. The van der Waals surface area contributed by atoms with Gasteiger partial charge in [0, 0.05) is 17.2 Å². The van der Waals surface area contributed by atoms with Gasteiger partial charge in [-0.2, -0.15) is 0 Å². The van der Waals surface area contributed by atoms with Crippen molar-refractivity contribution in [2.45, 2.75) is 45.1 Å². The summed E-state index contributed by atoms with van der Waals surface area (Å²) in [6, 6.07) is 7.37. The zero-order valence-electron chi connectivity index (χ0n) is 11.9. The summed E-state index contributed by atoms with van der Waals surface area (Å²) in [5.74, 6) is 0.598. The van der Waals surface area contributed by atoms with Crippen molar-refractivity contribution < 1.29 is 4.79 Å². The number of hydrogen-bond acceptors (Lipinski definition) is 2. The summed E-state index contributed by atoms with van der Waals surface area (Å²) in [5, 5.41) is 3.11. The molecule has 1 aromatic carbocycles. The molecule has 1 fully saturated rings. The second kappa shape index (κ2) is 6.84. The Morgan fingerprint density at radius 3 is 2.30 bits per heavy atom. The number of carbonyl (C=O) groups excluding carboxylic acids is 1. The summed E-state index contributed by atoms with van der Waals surface area (Å²) < 4.78 is 0. The topological polar surface area (TPSA) is 55.1 Å². The smallest absolute Gasteiger partial charge is 0.251 e. The van der Waals surface area contributed by atoms with Gasteiger partial charge in [-0.15, -0.1) is 0 Å². The number of nitrogens with one attached hydrogen (secondary N) is 1. The van der Waals surface area contributed by atoms with Gasteiger partial charge in [0.15, 0.2) is 0 Å². The van der Waals surface area contributed by atoms with Crippen LogP contribution < -0.4 is 11.1 Å². The molecular weight excluding hydrogens is 268 g/mol. The van der Waals surface area contributed by atoms with Crippen LogP contribution in [0.5, 0.6) is 0 Å². The lowest BCUT2D eigenvalue weighted by atomic mass is 9.84. The molecule has 20 heavy (non-hydrogen) atoms. The molecule has 0 radical (unpaired) electrons. The van der Waals surface area contributed by atoms with Crippen molar-refractivity contribution in [3.63, 3.8) is 0 Å². The molecule has 0 saturated heterocycles. The summed E-state index contributed by atoms with van der Waals surface area (Å²) in [6.07, 6.45) is 6.35. The van der Waals surface area contributed by atoms with Gasteiger partial charge in [-0.05, 0) is 37.8 Å². The normalized spacial score (nSPS) is 17.4. The van der Waals surface area contributed by atoms with E-state index in [1.165, 1.54) is 32.1 Å². The maximum absolute atomic E-state index is 12.2. The number of rotatable bonds is 4. The lowest BCUT2D eigenvalue weighted by molar-refractivity contribution is 0.0919. The Balaban J connectivity index is 1.95. The molecule has 0 aliphatic heterocycles. The molecule has 0 heterocycles. The number of carbonyl (C=O) groups is 1. The van der Waals surface area contributed by atoms with Crippen LogP contribution in [-0.4, -0.2) is 16.9 Å². The Hall–Kier alpha value is -1.42. The molecule has 1 aliphatic rings. The predicted octanol–water partition coefficient (Wildman–Crippen LogP) is 3.02. The van der Waals surface area contributed by atoms with E-state index in [0.29, 0.717) is 16.5 Å². The van der Waals surface area contributed by atoms with Gasteiger partial charge < -0.3 is 11.1 Å². The molecular formula is C16H22N2OS. The highest BCUT2D eigenvalue weighted by atomic mass is 32.1. The Morgan fingerprint density at radius 1 is 1.20 bits per heavy atom. The fourth-order valence-electron chi connectivity index (χ4n) is 2.83. The molecule has 1 saturated carbocycles. The lowest BCUT2D eigenvalue weighted by Crippen LogP contribution is -2.38. The third kappa shape index (κ3) is 3.79. The molecule has 0 spiro atoms. The van der Waals surface area contributed by atoms with Crippen LogP contribution in [0.4, 0.5) is 0 Å². The van der Waals surface area contributed by atoms with E-state index in [1.54, 1.807) is 24.3 Å². The Kier molecular flexibility index (Phi) is 5.12. The van der Waals surface area contributed by atoms with Crippen LogP contribution in [0.25, 0.3) is 0 Å². The first-order valence-corrected chi connectivity index (χ1v) is 7.69. The van der Waals surface area contributed by atoms with Gasteiger partial charge >= 0.3 is 0 Å². The van der Waals surface area contributed by atoms with Crippen LogP contribution in [0.1, 0.15) is 54.9 Å². The van der Waals surface area contributed by atoms with Crippen LogP contribution in [0, 0.1) is 5.92 Å². The first kappa shape index (κ1) is 15.0. The maximum atomic E-state index is 12.2. The number of hydrogen-bond donors (Lipinski definition) is 2. The zero-order chi connectivity index (χ0) is 14.5. The molecule has 1 atom stereocenters. The largest absolute Gasteiger partial charge is 0.389 e. The van der Waals surface area contributed by atoms with Crippen LogP contribution in [-0.2, 0) is 0 Å². The maximum Gasteiger partial charge on any atom is 0.251 e. The predicted molar refractivity (Wildman–Crippen MR) is 85.8 cm³/mol. The van der Waals surface area contributed by atoms with Crippen LogP contribution in [0.15, 0.2) is 24.3 Å². The number of amides is 1. The van der Waals surface area contributed by atoms with Crippen LogP contribution in [0.2, 0.25) is 0 Å². The molecule has 108 valence electrons. The van der Waals surface area contributed by atoms with Gasteiger partial charge in [0.05, 0.1) is 0 Å². The highest BCUT2D eigenvalue weighted by Gasteiger charge is 2.21. The van der Waals surface area contributed by atoms with Crippen molar-refractivity contribution in [3.05, 3.63) is 35.4 Å². The average Bonchev–Trinajstić information content (AvgIpc) is 2.48. The second-order valence-corrected chi connectivity index (χ2v) is 6.04. The standard InChI is InChI=1S/C16H22N2OS/c1-11(12-5-3-2-4-6-12)18-16(19)14-9-7-13(8-10-14)15(17)20/h7-12H,2-6H2,1H3,(H2,17,20)(H,18,19). The quantitative estimate of drug-likeness (QED) is 0.838. The van der Waals surface area contributed by atoms with Gasteiger partial charge in [0.25, 0.3) is 5.91 Å². The van der Waals surface area contributed by atoms with E-state index >= 15 is 0 Å². The van der Waals surface area contributed by atoms with Gasteiger partial charge in [-0.3, -0.25) is 4.79 Å². The Bertz CT molecular complexity index is 478. The van der Waals surface area contributed by atoms with E-state index in [9.17, 15) is 4.79 Å². The van der Waals surface area contributed by atoms with E-state index in [1.807, 2.05) is 0 Å². The summed E-state index contributed by atoms with van der Waals surface area (Å²) in [7, 11) is 0. The first-order valence-electron chi connectivity index (χ1n) is 7.28. The average molecular weight is 290 g/mol. The van der Waals surface area contributed by atoms with Crippen molar-refractivity contribution >= 4 is 23.1 Å². The van der Waals surface area contributed by atoms with E-state index in [-0.39, 0.29) is 11.9 Å². The Morgan fingerprint density at radius 2 is 1.75 bits per heavy atom. The Labute approximate surface area is 125 Å². The highest BCUT2D eigenvalue weighted by Crippen LogP contribution is 2.26. The van der Waals surface area contributed by atoms with Gasteiger partial charge in [-0.1, -0.05) is 43.6 Å². The number of thiocarbonyl (C=S) groups is 1. The minimum absolute atomic E-state index is 0.0161. The van der Waals surface area contributed by atoms with E-state index in [4.69, 9.17) is 18.0 Å². The number of benzene rings is 1. The van der Waals surface area contributed by atoms with Crippen molar-refractivity contribution in [3.8, 4) is 0 Å². The van der Waals surface area contributed by atoms with Crippen LogP contribution in [0.3, 0.4) is 0 Å². The third-order valence-corrected chi connectivity index (χ3v) is 4.38. The summed E-state index contributed by atoms with van der Waals surface area (Å²) in [4.78, 5) is 12.6. The molecule has 4 heteroatoms. The molecule has 3 nitrogen and oxygen atoms in total. The number of nitrogens with two attached hydrogens (primary N) is 1. The molecule has 0 bridgehead atoms. The van der Waals surface area contributed by atoms with E-state index in [2.05, 4.69) is 12.2 Å².